The summed E-state index contributed by atoms with van der Waals surface area (Å²) >= 11 is 0. The van der Waals surface area contributed by atoms with E-state index in [2.05, 4.69) is 15.7 Å². The van der Waals surface area contributed by atoms with Gasteiger partial charge in [-0.25, -0.2) is 4.68 Å². The molecular weight excluding hydrogens is 364 g/mol. The Labute approximate surface area is 170 Å². The van der Waals surface area contributed by atoms with Gasteiger partial charge in [-0.15, -0.1) is 0 Å². The Bertz CT molecular complexity index is 993. The number of aromatic nitrogens is 2. The highest BCUT2D eigenvalue weighted by Crippen LogP contribution is 2.21. The third-order valence-corrected chi connectivity index (χ3v) is 4.60. The molecule has 2 amide bonds. The predicted octanol–water partition coefficient (Wildman–Crippen LogP) is 4.35. The molecule has 29 heavy (non-hydrogen) atoms. The van der Waals surface area contributed by atoms with Crippen molar-refractivity contribution in [1.29, 1.82) is 0 Å². The molecule has 2 aromatic carbocycles. The van der Waals surface area contributed by atoms with E-state index in [1.54, 1.807) is 16.9 Å². The molecule has 6 heteroatoms. The number of rotatable bonds is 7. The number of anilines is 2. The number of para-hydroxylation sites is 1. The van der Waals surface area contributed by atoms with Crippen LogP contribution < -0.4 is 10.6 Å². The molecule has 0 saturated carbocycles. The minimum atomic E-state index is -0.105. The molecule has 1 heterocycles. The maximum atomic E-state index is 12.4. The number of hydrogen-bond acceptors (Lipinski definition) is 3. The van der Waals surface area contributed by atoms with Gasteiger partial charge >= 0.3 is 0 Å². The number of aryl methyl sites for hydroxylation is 2. The molecule has 3 rings (SSSR count). The highest BCUT2D eigenvalue weighted by atomic mass is 16.2. The van der Waals surface area contributed by atoms with Gasteiger partial charge in [-0.3, -0.25) is 9.59 Å². The molecule has 0 saturated heterocycles. The lowest BCUT2D eigenvalue weighted by molar-refractivity contribution is -0.119. The van der Waals surface area contributed by atoms with Gasteiger partial charge in [-0.2, -0.15) is 5.10 Å². The number of carbonyl (C=O) groups is 2. The van der Waals surface area contributed by atoms with Crippen molar-refractivity contribution in [3.8, 4) is 5.69 Å². The first-order valence-electron chi connectivity index (χ1n) is 9.72. The summed E-state index contributed by atoms with van der Waals surface area (Å²) < 4.78 is 1.80. The van der Waals surface area contributed by atoms with Crippen molar-refractivity contribution < 1.29 is 9.59 Å². The van der Waals surface area contributed by atoms with Gasteiger partial charge in [-0.05, 0) is 48.7 Å². The quantitative estimate of drug-likeness (QED) is 0.630. The van der Waals surface area contributed by atoms with Crippen LogP contribution in [-0.2, 0) is 16.0 Å². The lowest BCUT2D eigenvalue weighted by atomic mass is 10.1. The summed E-state index contributed by atoms with van der Waals surface area (Å²) in [6.45, 7) is 5.60. The molecule has 0 aliphatic heterocycles. The Morgan fingerprint density at radius 2 is 1.83 bits per heavy atom. The summed E-state index contributed by atoms with van der Waals surface area (Å²) in [5, 5.41) is 10.2. The first kappa shape index (κ1) is 20.3. The molecule has 0 bridgehead atoms. The third kappa shape index (κ3) is 5.54. The number of nitrogens with zero attached hydrogens (tertiary/aromatic N) is 2. The number of amides is 2. The second kappa shape index (κ2) is 9.19. The predicted molar refractivity (Wildman–Crippen MR) is 115 cm³/mol. The molecule has 0 fully saturated rings. The molecule has 0 atom stereocenters. The van der Waals surface area contributed by atoms with Crippen LogP contribution in [0.3, 0.4) is 0 Å². The van der Waals surface area contributed by atoms with Gasteiger partial charge in [0.1, 0.15) is 0 Å². The Morgan fingerprint density at radius 3 is 2.55 bits per heavy atom. The van der Waals surface area contributed by atoms with Crippen LogP contribution in [0.1, 0.15) is 31.4 Å². The average Bonchev–Trinajstić information content (AvgIpc) is 3.18. The van der Waals surface area contributed by atoms with E-state index in [4.69, 9.17) is 0 Å². The van der Waals surface area contributed by atoms with E-state index in [0.717, 1.165) is 16.8 Å². The van der Waals surface area contributed by atoms with Gasteiger partial charge in [0.25, 0.3) is 0 Å². The van der Waals surface area contributed by atoms with Crippen molar-refractivity contribution in [3.05, 3.63) is 72.1 Å². The minimum absolute atomic E-state index is 0.0541. The molecule has 2 N–H and O–H groups in total. The van der Waals surface area contributed by atoms with Gasteiger partial charge in [0.15, 0.2) is 0 Å². The molecule has 1 aromatic heterocycles. The van der Waals surface area contributed by atoms with E-state index in [1.165, 1.54) is 0 Å². The highest BCUT2D eigenvalue weighted by molar-refractivity contribution is 5.95. The Morgan fingerprint density at radius 1 is 1.07 bits per heavy atom. The Balaban J connectivity index is 1.58. The van der Waals surface area contributed by atoms with E-state index in [0.29, 0.717) is 24.2 Å². The summed E-state index contributed by atoms with van der Waals surface area (Å²) in [6.07, 6.45) is 4.67. The lowest BCUT2D eigenvalue weighted by Gasteiger charge is -2.12. The van der Waals surface area contributed by atoms with E-state index in [9.17, 15) is 9.59 Å². The molecule has 150 valence electrons. The standard InChI is InChI=1S/C23H26N4O2/c1-16(2)23(29)25-19-11-9-17(3)21(13-19)26-22(28)12-10-18-14-24-27(15-18)20-7-5-4-6-8-20/h4-9,11,13-16H,10,12H2,1-3H3,(H,25,29)(H,26,28). The van der Waals surface area contributed by atoms with Gasteiger partial charge in [0.05, 0.1) is 11.9 Å². The first-order chi connectivity index (χ1) is 13.9. The fourth-order valence-electron chi connectivity index (χ4n) is 2.80. The van der Waals surface area contributed by atoms with Crippen LogP contribution in [0.25, 0.3) is 5.69 Å². The van der Waals surface area contributed by atoms with Gasteiger partial charge in [0, 0.05) is 29.9 Å². The fraction of sp³-hybridized carbons (Fsp3) is 0.261. The van der Waals surface area contributed by atoms with E-state index >= 15 is 0 Å². The van der Waals surface area contributed by atoms with E-state index in [1.807, 2.05) is 69.4 Å². The molecule has 0 spiro atoms. The van der Waals surface area contributed by atoms with Crippen molar-refractivity contribution in [1.82, 2.24) is 9.78 Å². The normalized spacial score (nSPS) is 10.8. The Kier molecular flexibility index (Phi) is 6.44. The number of benzene rings is 2. The largest absolute Gasteiger partial charge is 0.326 e. The maximum Gasteiger partial charge on any atom is 0.226 e. The second-order valence-electron chi connectivity index (χ2n) is 7.35. The second-order valence-corrected chi connectivity index (χ2v) is 7.35. The molecule has 0 aliphatic rings. The van der Waals surface area contributed by atoms with Crippen LogP contribution in [0.15, 0.2) is 60.9 Å². The van der Waals surface area contributed by atoms with Crippen LogP contribution in [0, 0.1) is 12.8 Å². The zero-order valence-electron chi connectivity index (χ0n) is 17.0. The number of hydrogen-bond donors (Lipinski definition) is 2. The van der Waals surface area contributed by atoms with Crippen LogP contribution in [0.2, 0.25) is 0 Å². The summed E-state index contributed by atoms with van der Waals surface area (Å²) in [7, 11) is 0. The SMILES string of the molecule is Cc1ccc(NC(=O)C(C)C)cc1NC(=O)CCc1cnn(-c2ccccc2)c1. The highest BCUT2D eigenvalue weighted by Gasteiger charge is 2.11. The Hall–Kier alpha value is -3.41. The smallest absolute Gasteiger partial charge is 0.226 e. The van der Waals surface area contributed by atoms with Crippen LogP contribution in [0.4, 0.5) is 11.4 Å². The number of carbonyl (C=O) groups excluding carboxylic acids is 2. The van der Waals surface area contributed by atoms with Gasteiger partial charge in [-0.1, -0.05) is 38.1 Å². The molecule has 6 nitrogen and oxygen atoms in total. The summed E-state index contributed by atoms with van der Waals surface area (Å²) in [4.78, 5) is 24.3. The van der Waals surface area contributed by atoms with Gasteiger partial charge in [0.2, 0.25) is 11.8 Å². The zero-order chi connectivity index (χ0) is 20.8. The molecular formula is C23H26N4O2. The number of nitrogens with one attached hydrogen (secondary N) is 2. The van der Waals surface area contributed by atoms with Crippen molar-refractivity contribution >= 4 is 23.2 Å². The van der Waals surface area contributed by atoms with Crippen molar-refractivity contribution in [2.45, 2.75) is 33.6 Å². The van der Waals surface area contributed by atoms with Crippen LogP contribution in [-0.4, -0.2) is 21.6 Å². The topological polar surface area (TPSA) is 76.0 Å². The van der Waals surface area contributed by atoms with E-state index < -0.39 is 0 Å². The van der Waals surface area contributed by atoms with Crippen molar-refractivity contribution in [2.24, 2.45) is 5.92 Å². The molecule has 0 aliphatic carbocycles. The zero-order valence-corrected chi connectivity index (χ0v) is 17.0. The monoisotopic (exact) mass is 390 g/mol. The third-order valence-electron chi connectivity index (χ3n) is 4.60. The molecule has 0 unspecified atom stereocenters. The van der Waals surface area contributed by atoms with Crippen molar-refractivity contribution in [2.75, 3.05) is 10.6 Å². The van der Waals surface area contributed by atoms with Gasteiger partial charge < -0.3 is 10.6 Å². The van der Waals surface area contributed by atoms with E-state index in [-0.39, 0.29) is 17.7 Å². The lowest BCUT2D eigenvalue weighted by Crippen LogP contribution is -2.18. The van der Waals surface area contributed by atoms with Crippen molar-refractivity contribution in [3.63, 3.8) is 0 Å². The molecule has 0 radical (unpaired) electrons. The summed E-state index contributed by atoms with van der Waals surface area (Å²) in [5.41, 5.74) is 4.31. The van der Waals surface area contributed by atoms with Crippen LogP contribution in [0.5, 0.6) is 0 Å². The average molecular weight is 390 g/mol. The summed E-state index contributed by atoms with van der Waals surface area (Å²) in [6, 6.07) is 15.4. The molecule has 3 aromatic rings. The fourth-order valence-corrected chi connectivity index (χ4v) is 2.80. The minimum Gasteiger partial charge on any atom is -0.326 e. The van der Waals surface area contributed by atoms with Crippen LogP contribution >= 0.6 is 0 Å². The summed E-state index contributed by atoms with van der Waals surface area (Å²) in [5.74, 6) is -0.236. The maximum absolute atomic E-state index is 12.4. The first-order valence-corrected chi connectivity index (χ1v) is 9.72.